The van der Waals surface area contributed by atoms with Crippen molar-refractivity contribution in [1.82, 2.24) is 5.32 Å². The molecule has 0 aromatic heterocycles. The molecule has 0 saturated heterocycles. The van der Waals surface area contributed by atoms with Crippen LogP contribution < -0.4 is 14.8 Å². The first-order valence-electron chi connectivity index (χ1n) is 7.44. The summed E-state index contributed by atoms with van der Waals surface area (Å²) in [6, 6.07) is 13.3. The number of benzene rings is 2. The predicted octanol–water partition coefficient (Wildman–Crippen LogP) is 2.95. The first-order valence-corrected chi connectivity index (χ1v) is 7.44. The summed E-state index contributed by atoms with van der Waals surface area (Å²) in [7, 11) is 1.57. The highest BCUT2D eigenvalue weighted by Gasteiger charge is 2.13. The van der Waals surface area contributed by atoms with Crippen LogP contribution in [0.25, 0.3) is 0 Å². The van der Waals surface area contributed by atoms with Gasteiger partial charge in [-0.25, -0.2) is 0 Å². The molecular formula is C18H19NO3. The topological polar surface area (TPSA) is 47.6 Å². The zero-order valence-electron chi connectivity index (χ0n) is 12.6. The lowest BCUT2D eigenvalue weighted by molar-refractivity contribution is 0.0948. The van der Waals surface area contributed by atoms with Crippen LogP contribution in [0.2, 0.25) is 0 Å². The lowest BCUT2D eigenvalue weighted by Crippen LogP contribution is -2.23. The first kappa shape index (κ1) is 14.4. The van der Waals surface area contributed by atoms with Gasteiger partial charge in [0, 0.05) is 6.54 Å². The summed E-state index contributed by atoms with van der Waals surface area (Å²) in [5.74, 6) is 1.41. The Morgan fingerprint density at radius 1 is 1.27 bits per heavy atom. The summed E-state index contributed by atoms with van der Waals surface area (Å²) in [5, 5.41) is 2.94. The van der Waals surface area contributed by atoms with Gasteiger partial charge in [0.15, 0.2) is 0 Å². The van der Waals surface area contributed by atoms with Crippen molar-refractivity contribution < 1.29 is 14.3 Å². The molecule has 0 spiro atoms. The van der Waals surface area contributed by atoms with Crippen LogP contribution in [0.5, 0.6) is 11.5 Å². The monoisotopic (exact) mass is 297 g/mol. The Bertz CT molecular complexity index is 682. The van der Waals surface area contributed by atoms with E-state index in [0.717, 1.165) is 30.8 Å². The number of hydrogen-bond donors (Lipinski definition) is 1. The molecule has 0 unspecified atom stereocenters. The maximum absolute atomic E-state index is 12.3. The van der Waals surface area contributed by atoms with Gasteiger partial charge in [-0.3, -0.25) is 4.79 Å². The van der Waals surface area contributed by atoms with E-state index in [0.29, 0.717) is 17.9 Å². The van der Waals surface area contributed by atoms with E-state index in [1.807, 2.05) is 24.3 Å². The molecular weight excluding hydrogens is 278 g/mol. The van der Waals surface area contributed by atoms with E-state index in [1.54, 1.807) is 19.2 Å². The predicted molar refractivity (Wildman–Crippen MR) is 84.4 cm³/mol. The molecule has 2 aromatic carbocycles. The minimum atomic E-state index is -0.133. The Kier molecular flexibility index (Phi) is 4.28. The van der Waals surface area contributed by atoms with Crippen LogP contribution in [-0.2, 0) is 13.0 Å². The van der Waals surface area contributed by atoms with Gasteiger partial charge in [0.05, 0.1) is 19.3 Å². The van der Waals surface area contributed by atoms with Gasteiger partial charge in [0.25, 0.3) is 5.91 Å². The Morgan fingerprint density at radius 3 is 3.00 bits per heavy atom. The lowest BCUT2D eigenvalue weighted by atomic mass is 10.0. The van der Waals surface area contributed by atoms with Crippen LogP contribution >= 0.6 is 0 Å². The molecule has 1 N–H and O–H groups in total. The molecule has 2 aromatic rings. The van der Waals surface area contributed by atoms with Gasteiger partial charge in [0.1, 0.15) is 11.5 Å². The number of fused-ring (bicyclic) bond motifs is 1. The molecule has 0 saturated carbocycles. The molecule has 0 radical (unpaired) electrons. The van der Waals surface area contributed by atoms with Crippen molar-refractivity contribution in [3.8, 4) is 11.5 Å². The minimum Gasteiger partial charge on any atom is -0.496 e. The molecule has 1 aliphatic rings. The number of carbonyl (C=O) groups excluding carboxylic acids is 1. The zero-order valence-corrected chi connectivity index (χ0v) is 12.6. The Morgan fingerprint density at radius 2 is 2.14 bits per heavy atom. The fraction of sp³-hybridized carbons (Fsp3) is 0.278. The summed E-state index contributed by atoms with van der Waals surface area (Å²) in [5.41, 5.74) is 2.84. The average molecular weight is 297 g/mol. The lowest BCUT2D eigenvalue weighted by Gasteiger charge is -2.18. The van der Waals surface area contributed by atoms with Gasteiger partial charge in [0.2, 0.25) is 0 Å². The van der Waals surface area contributed by atoms with E-state index in [2.05, 4.69) is 11.4 Å². The van der Waals surface area contributed by atoms with Crippen LogP contribution in [0.4, 0.5) is 0 Å². The van der Waals surface area contributed by atoms with Gasteiger partial charge in [-0.05, 0) is 42.2 Å². The SMILES string of the molecule is COc1ccccc1C(=O)NCc1ccc2c(c1)CCCO2. The quantitative estimate of drug-likeness (QED) is 0.944. The second kappa shape index (κ2) is 6.52. The highest BCUT2D eigenvalue weighted by molar-refractivity contribution is 5.96. The van der Waals surface area contributed by atoms with Crippen molar-refractivity contribution in [1.29, 1.82) is 0 Å². The number of ether oxygens (including phenoxy) is 2. The normalized spacial score (nSPS) is 13.0. The molecule has 4 heteroatoms. The number of carbonyl (C=O) groups is 1. The van der Waals surface area contributed by atoms with Crippen molar-refractivity contribution >= 4 is 5.91 Å². The van der Waals surface area contributed by atoms with Gasteiger partial charge >= 0.3 is 0 Å². The van der Waals surface area contributed by atoms with Crippen molar-refractivity contribution in [2.75, 3.05) is 13.7 Å². The largest absolute Gasteiger partial charge is 0.496 e. The molecule has 0 bridgehead atoms. The Balaban J connectivity index is 1.68. The van der Waals surface area contributed by atoms with Gasteiger partial charge < -0.3 is 14.8 Å². The molecule has 1 aliphatic heterocycles. The van der Waals surface area contributed by atoms with Crippen molar-refractivity contribution in [2.45, 2.75) is 19.4 Å². The minimum absolute atomic E-state index is 0.133. The van der Waals surface area contributed by atoms with Crippen molar-refractivity contribution in [2.24, 2.45) is 0 Å². The Labute approximate surface area is 130 Å². The molecule has 1 amide bonds. The molecule has 1 heterocycles. The third kappa shape index (κ3) is 3.06. The van der Waals surface area contributed by atoms with E-state index >= 15 is 0 Å². The average Bonchev–Trinajstić information content (AvgIpc) is 2.59. The number of para-hydroxylation sites is 1. The standard InChI is InChI=1S/C18H19NO3/c1-21-17-7-3-2-6-15(17)18(20)19-12-13-8-9-16-14(11-13)5-4-10-22-16/h2-3,6-9,11H,4-5,10,12H2,1H3,(H,19,20). The second-order valence-electron chi connectivity index (χ2n) is 5.28. The van der Waals surface area contributed by atoms with Crippen molar-refractivity contribution in [3.05, 3.63) is 59.2 Å². The number of methoxy groups -OCH3 is 1. The molecule has 0 fully saturated rings. The summed E-state index contributed by atoms with van der Waals surface area (Å²) in [6.07, 6.45) is 2.08. The van der Waals surface area contributed by atoms with Crippen LogP contribution in [-0.4, -0.2) is 19.6 Å². The van der Waals surface area contributed by atoms with Crippen molar-refractivity contribution in [3.63, 3.8) is 0 Å². The van der Waals surface area contributed by atoms with Crippen LogP contribution in [0.15, 0.2) is 42.5 Å². The second-order valence-corrected chi connectivity index (χ2v) is 5.28. The Hall–Kier alpha value is -2.49. The summed E-state index contributed by atoms with van der Waals surface area (Å²) in [6.45, 7) is 1.28. The van der Waals surface area contributed by atoms with E-state index < -0.39 is 0 Å². The van der Waals surface area contributed by atoms with Gasteiger partial charge in [-0.2, -0.15) is 0 Å². The number of nitrogens with one attached hydrogen (secondary N) is 1. The molecule has 22 heavy (non-hydrogen) atoms. The van der Waals surface area contributed by atoms with Gasteiger partial charge in [-0.1, -0.05) is 24.3 Å². The van der Waals surface area contributed by atoms with Crippen LogP contribution in [0.3, 0.4) is 0 Å². The number of hydrogen-bond acceptors (Lipinski definition) is 3. The summed E-state index contributed by atoms with van der Waals surface area (Å²) < 4.78 is 10.8. The fourth-order valence-electron chi connectivity index (χ4n) is 2.63. The highest BCUT2D eigenvalue weighted by Crippen LogP contribution is 2.25. The summed E-state index contributed by atoms with van der Waals surface area (Å²) in [4.78, 5) is 12.3. The van der Waals surface area contributed by atoms with E-state index in [9.17, 15) is 4.79 Å². The maximum atomic E-state index is 12.3. The first-order chi connectivity index (χ1) is 10.8. The van der Waals surface area contributed by atoms with E-state index in [4.69, 9.17) is 9.47 Å². The third-order valence-electron chi connectivity index (χ3n) is 3.78. The number of aryl methyl sites for hydroxylation is 1. The third-order valence-corrected chi connectivity index (χ3v) is 3.78. The molecule has 114 valence electrons. The smallest absolute Gasteiger partial charge is 0.255 e. The van der Waals surface area contributed by atoms with Crippen LogP contribution in [0, 0.1) is 0 Å². The zero-order chi connectivity index (χ0) is 15.4. The molecule has 0 atom stereocenters. The van der Waals surface area contributed by atoms with Crippen LogP contribution in [0.1, 0.15) is 27.9 Å². The maximum Gasteiger partial charge on any atom is 0.255 e. The van der Waals surface area contributed by atoms with E-state index in [1.165, 1.54) is 5.56 Å². The molecule has 3 rings (SSSR count). The number of rotatable bonds is 4. The number of amides is 1. The molecule has 0 aliphatic carbocycles. The summed E-state index contributed by atoms with van der Waals surface area (Å²) >= 11 is 0. The molecule has 4 nitrogen and oxygen atoms in total. The fourth-order valence-corrected chi connectivity index (χ4v) is 2.63. The highest BCUT2D eigenvalue weighted by atomic mass is 16.5. The van der Waals surface area contributed by atoms with E-state index in [-0.39, 0.29) is 5.91 Å². The van der Waals surface area contributed by atoms with Gasteiger partial charge in [-0.15, -0.1) is 0 Å².